The third-order valence-corrected chi connectivity index (χ3v) is 7.27. The van der Waals surface area contributed by atoms with E-state index in [2.05, 4.69) is 31.4 Å². The fourth-order valence-corrected chi connectivity index (χ4v) is 5.53. The standard InChI is InChI=1S/C28H34F3N3O5/c1-27(2,3)33-19-9-10-22(20(14-19)26(37)38-4)34-12-11-21(25(34)36)32-24(35)23-13-17(15-39-23)16-5-7-18(8-6-16)28(29,30)31/h5-8,13,15,19-22,33H,9-12,14H2,1-4H3,(H,32,35)/t19?,20?,21-,22?/m0/s1. The molecule has 2 heterocycles. The van der Waals surface area contributed by atoms with Crippen LogP contribution in [-0.2, 0) is 20.5 Å². The van der Waals surface area contributed by atoms with E-state index in [-0.39, 0.29) is 35.3 Å². The first kappa shape index (κ1) is 28.7. The summed E-state index contributed by atoms with van der Waals surface area (Å²) < 4.78 is 48.9. The predicted molar refractivity (Wildman–Crippen MR) is 137 cm³/mol. The number of halogens is 3. The van der Waals surface area contributed by atoms with E-state index in [1.54, 1.807) is 4.90 Å². The van der Waals surface area contributed by atoms with Crippen LogP contribution in [0.5, 0.6) is 0 Å². The van der Waals surface area contributed by atoms with Crippen LogP contribution in [0, 0.1) is 5.92 Å². The van der Waals surface area contributed by atoms with E-state index in [0.29, 0.717) is 36.9 Å². The molecule has 8 nitrogen and oxygen atoms in total. The number of alkyl halides is 3. The second kappa shape index (κ2) is 11.0. The molecule has 0 bridgehead atoms. The van der Waals surface area contributed by atoms with Gasteiger partial charge in [-0.25, -0.2) is 0 Å². The number of carbonyl (C=O) groups excluding carboxylic acids is 3. The van der Waals surface area contributed by atoms with E-state index >= 15 is 0 Å². The average Bonchev–Trinajstić information content (AvgIpc) is 3.50. The molecule has 212 valence electrons. The highest BCUT2D eigenvalue weighted by Crippen LogP contribution is 2.34. The summed E-state index contributed by atoms with van der Waals surface area (Å²) in [5.41, 5.74) is 0.00873. The minimum Gasteiger partial charge on any atom is -0.469 e. The van der Waals surface area contributed by atoms with Crippen molar-refractivity contribution in [3.05, 3.63) is 47.9 Å². The van der Waals surface area contributed by atoms with Crippen LogP contribution in [0.1, 0.15) is 62.6 Å². The van der Waals surface area contributed by atoms with Crippen molar-refractivity contribution < 1.29 is 36.7 Å². The quantitative estimate of drug-likeness (QED) is 0.519. The highest BCUT2D eigenvalue weighted by Gasteiger charge is 2.45. The molecule has 1 saturated carbocycles. The number of nitrogens with zero attached hydrogens (tertiary/aromatic N) is 1. The van der Waals surface area contributed by atoms with Gasteiger partial charge in [0.15, 0.2) is 5.76 Å². The minimum atomic E-state index is -4.44. The van der Waals surface area contributed by atoms with Gasteiger partial charge >= 0.3 is 12.1 Å². The number of rotatable bonds is 6. The average molecular weight is 550 g/mol. The van der Waals surface area contributed by atoms with Gasteiger partial charge < -0.3 is 24.7 Å². The highest BCUT2D eigenvalue weighted by molar-refractivity contribution is 5.97. The van der Waals surface area contributed by atoms with E-state index in [9.17, 15) is 27.6 Å². The summed E-state index contributed by atoms with van der Waals surface area (Å²) in [6, 6.07) is 4.97. The SMILES string of the molecule is COC(=O)C1CC(NC(C)(C)C)CCC1N1CC[C@H](NC(=O)c2cc(-c3ccc(C(F)(F)F)cc3)co2)C1=O. The number of furan rings is 1. The summed E-state index contributed by atoms with van der Waals surface area (Å²) in [6.07, 6.45) is -0.796. The van der Waals surface area contributed by atoms with Crippen molar-refractivity contribution in [3.8, 4) is 11.1 Å². The molecule has 0 radical (unpaired) electrons. The van der Waals surface area contributed by atoms with E-state index in [4.69, 9.17) is 9.15 Å². The maximum Gasteiger partial charge on any atom is 0.416 e. The second-order valence-corrected chi connectivity index (χ2v) is 11.2. The highest BCUT2D eigenvalue weighted by atomic mass is 19.4. The van der Waals surface area contributed by atoms with Crippen LogP contribution in [0.25, 0.3) is 11.1 Å². The fourth-order valence-electron chi connectivity index (χ4n) is 5.53. The summed E-state index contributed by atoms with van der Waals surface area (Å²) in [7, 11) is 1.34. The minimum absolute atomic E-state index is 0.0580. The van der Waals surface area contributed by atoms with Crippen LogP contribution in [0.4, 0.5) is 13.2 Å². The first-order chi connectivity index (χ1) is 18.3. The number of likely N-dealkylation sites (tertiary alicyclic amines) is 1. The lowest BCUT2D eigenvalue weighted by molar-refractivity contribution is -0.151. The van der Waals surface area contributed by atoms with Crippen molar-refractivity contribution in [2.75, 3.05) is 13.7 Å². The third kappa shape index (κ3) is 6.63. The van der Waals surface area contributed by atoms with Crippen LogP contribution in [0.3, 0.4) is 0 Å². The van der Waals surface area contributed by atoms with Crippen molar-refractivity contribution in [1.82, 2.24) is 15.5 Å². The van der Waals surface area contributed by atoms with E-state index < -0.39 is 29.6 Å². The summed E-state index contributed by atoms with van der Waals surface area (Å²) >= 11 is 0. The Bertz CT molecular complexity index is 1200. The first-order valence-corrected chi connectivity index (χ1v) is 13.0. The zero-order chi connectivity index (χ0) is 28.5. The molecule has 1 saturated heterocycles. The lowest BCUT2D eigenvalue weighted by Gasteiger charge is -2.41. The van der Waals surface area contributed by atoms with Gasteiger partial charge in [0.2, 0.25) is 5.91 Å². The summed E-state index contributed by atoms with van der Waals surface area (Å²) in [5, 5.41) is 6.24. The molecule has 2 amide bonds. The lowest BCUT2D eigenvalue weighted by Crippen LogP contribution is -2.55. The fraction of sp³-hybridized carbons (Fsp3) is 0.536. The maximum atomic E-state index is 13.3. The van der Waals surface area contributed by atoms with Crippen LogP contribution < -0.4 is 10.6 Å². The number of carbonyl (C=O) groups is 3. The van der Waals surface area contributed by atoms with Gasteiger partial charge in [-0.2, -0.15) is 13.2 Å². The van der Waals surface area contributed by atoms with Gasteiger partial charge in [-0.1, -0.05) is 12.1 Å². The molecule has 4 rings (SSSR count). The normalized spacial score (nSPS) is 24.1. The number of hydrogen-bond acceptors (Lipinski definition) is 6. The molecule has 2 N–H and O–H groups in total. The third-order valence-electron chi connectivity index (χ3n) is 7.27. The molecular weight excluding hydrogens is 515 g/mol. The van der Waals surface area contributed by atoms with Gasteiger partial charge in [-0.3, -0.25) is 14.4 Å². The number of methoxy groups -OCH3 is 1. The van der Waals surface area contributed by atoms with Crippen molar-refractivity contribution >= 4 is 17.8 Å². The van der Waals surface area contributed by atoms with Crippen molar-refractivity contribution in [1.29, 1.82) is 0 Å². The Morgan fingerprint density at radius 1 is 1.05 bits per heavy atom. The summed E-state index contributed by atoms with van der Waals surface area (Å²) in [5.74, 6) is -1.75. The number of benzene rings is 1. The number of ether oxygens (including phenoxy) is 1. The first-order valence-electron chi connectivity index (χ1n) is 13.0. The van der Waals surface area contributed by atoms with Crippen LogP contribution in [0.15, 0.2) is 41.0 Å². The molecule has 1 aromatic carbocycles. The van der Waals surface area contributed by atoms with E-state index in [0.717, 1.165) is 18.6 Å². The number of amides is 2. The Kier molecular flexibility index (Phi) is 8.11. The molecule has 3 unspecified atom stereocenters. The van der Waals surface area contributed by atoms with Gasteiger partial charge in [0.25, 0.3) is 5.91 Å². The van der Waals surface area contributed by atoms with E-state index in [1.165, 1.54) is 31.6 Å². The molecule has 11 heteroatoms. The second-order valence-electron chi connectivity index (χ2n) is 11.2. The largest absolute Gasteiger partial charge is 0.469 e. The number of esters is 1. The van der Waals surface area contributed by atoms with Crippen molar-refractivity contribution in [3.63, 3.8) is 0 Å². The zero-order valence-corrected chi connectivity index (χ0v) is 22.4. The molecule has 4 atom stereocenters. The van der Waals surface area contributed by atoms with Crippen LogP contribution in [-0.4, -0.2) is 60.0 Å². The summed E-state index contributed by atoms with van der Waals surface area (Å²) in [6.45, 7) is 6.59. The van der Waals surface area contributed by atoms with Gasteiger partial charge in [0.05, 0.1) is 24.9 Å². The Labute approximate surface area is 225 Å². The van der Waals surface area contributed by atoms with Gasteiger partial charge in [-0.05, 0) is 70.2 Å². The monoisotopic (exact) mass is 549 g/mol. The Balaban J connectivity index is 1.40. The van der Waals surface area contributed by atoms with Gasteiger partial charge in [0.1, 0.15) is 6.04 Å². The molecule has 39 heavy (non-hydrogen) atoms. The van der Waals surface area contributed by atoms with Crippen LogP contribution in [0.2, 0.25) is 0 Å². The molecule has 1 aromatic heterocycles. The topological polar surface area (TPSA) is 101 Å². The molecule has 1 aliphatic heterocycles. The molecule has 1 aliphatic carbocycles. The van der Waals surface area contributed by atoms with Crippen LogP contribution >= 0.6 is 0 Å². The molecule has 2 fully saturated rings. The smallest absolute Gasteiger partial charge is 0.416 e. The lowest BCUT2D eigenvalue weighted by atomic mass is 9.80. The molecule has 2 aromatic rings. The van der Waals surface area contributed by atoms with E-state index in [1.807, 2.05) is 0 Å². The van der Waals surface area contributed by atoms with Crippen molar-refractivity contribution in [2.24, 2.45) is 5.92 Å². The Hall–Kier alpha value is -3.34. The van der Waals surface area contributed by atoms with Gasteiger partial charge in [-0.15, -0.1) is 0 Å². The predicted octanol–water partition coefficient (Wildman–Crippen LogP) is 4.39. The molecular formula is C28H34F3N3O5. The van der Waals surface area contributed by atoms with Crippen molar-refractivity contribution in [2.45, 2.75) is 76.3 Å². The zero-order valence-electron chi connectivity index (χ0n) is 22.4. The number of nitrogens with one attached hydrogen (secondary N) is 2. The van der Waals surface area contributed by atoms with Gasteiger partial charge in [0, 0.05) is 29.7 Å². The summed E-state index contributed by atoms with van der Waals surface area (Å²) in [4.78, 5) is 40.5. The molecule has 0 spiro atoms. The number of hydrogen-bond donors (Lipinski definition) is 2. The Morgan fingerprint density at radius 3 is 2.36 bits per heavy atom. The molecule has 2 aliphatic rings. The maximum absolute atomic E-state index is 13.3. The Morgan fingerprint density at radius 2 is 1.74 bits per heavy atom.